The fourth-order valence-corrected chi connectivity index (χ4v) is 3.59. The second-order valence-corrected chi connectivity index (χ2v) is 6.87. The minimum Gasteiger partial charge on any atom is -0.379 e. The predicted octanol–water partition coefficient (Wildman–Crippen LogP) is 1.17. The van der Waals surface area contributed by atoms with Crippen LogP contribution in [0.25, 0.3) is 0 Å². The molecule has 0 aromatic carbocycles. The Morgan fingerprint density at radius 2 is 2.17 bits per heavy atom. The van der Waals surface area contributed by atoms with Crippen molar-refractivity contribution in [3.05, 3.63) is 18.7 Å². The van der Waals surface area contributed by atoms with Gasteiger partial charge in [-0.05, 0) is 26.2 Å². The van der Waals surface area contributed by atoms with Crippen LogP contribution >= 0.6 is 0 Å². The number of carbonyl (C=O) groups excluding carboxylic acids is 1. The van der Waals surface area contributed by atoms with Crippen LogP contribution in [0.2, 0.25) is 0 Å². The number of morpholine rings is 1. The Hall–Kier alpha value is -1.60. The van der Waals surface area contributed by atoms with E-state index in [1.165, 1.54) is 6.42 Å². The summed E-state index contributed by atoms with van der Waals surface area (Å²) in [6.45, 7) is 8.17. The summed E-state index contributed by atoms with van der Waals surface area (Å²) in [5.41, 5.74) is 0. The first-order valence-corrected chi connectivity index (χ1v) is 9.05. The maximum atomic E-state index is 12.7. The lowest BCUT2D eigenvalue weighted by atomic mass is 10.0. The summed E-state index contributed by atoms with van der Waals surface area (Å²) in [6.07, 6.45) is 8.88. The van der Waals surface area contributed by atoms with Crippen LogP contribution in [0, 0.1) is 0 Å². The fraction of sp³-hybridized carbons (Fsp3) is 0.765. The van der Waals surface area contributed by atoms with Gasteiger partial charge >= 0.3 is 6.03 Å². The van der Waals surface area contributed by atoms with Crippen molar-refractivity contribution in [3.8, 4) is 0 Å². The van der Waals surface area contributed by atoms with Crippen LogP contribution in [-0.2, 0) is 11.3 Å². The van der Waals surface area contributed by atoms with Gasteiger partial charge < -0.3 is 19.5 Å². The number of likely N-dealkylation sites (tertiary alicyclic amines) is 1. The van der Waals surface area contributed by atoms with Gasteiger partial charge in [-0.15, -0.1) is 0 Å². The first-order chi connectivity index (χ1) is 11.7. The summed E-state index contributed by atoms with van der Waals surface area (Å²) < 4.78 is 7.42. The zero-order valence-corrected chi connectivity index (χ0v) is 14.6. The van der Waals surface area contributed by atoms with Gasteiger partial charge in [-0.1, -0.05) is 0 Å². The summed E-state index contributed by atoms with van der Waals surface area (Å²) in [6, 6.07) is 0.468. The van der Waals surface area contributed by atoms with E-state index in [9.17, 15) is 4.79 Å². The molecule has 0 bridgehead atoms. The van der Waals surface area contributed by atoms with Gasteiger partial charge in [0.05, 0.1) is 19.5 Å². The van der Waals surface area contributed by atoms with Gasteiger partial charge in [0.15, 0.2) is 0 Å². The number of hydrogen-bond acceptors (Lipinski definition) is 4. The molecule has 3 rings (SSSR count). The molecule has 7 heteroatoms. The molecule has 24 heavy (non-hydrogen) atoms. The Bertz CT molecular complexity index is 501. The quantitative estimate of drug-likeness (QED) is 0.877. The first-order valence-electron chi connectivity index (χ1n) is 9.05. The Balaban J connectivity index is 1.52. The Morgan fingerprint density at radius 3 is 2.92 bits per heavy atom. The van der Waals surface area contributed by atoms with Gasteiger partial charge in [0.25, 0.3) is 0 Å². The third kappa shape index (κ3) is 4.70. The van der Waals surface area contributed by atoms with E-state index in [0.717, 1.165) is 58.8 Å². The van der Waals surface area contributed by atoms with Crippen molar-refractivity contribution < 1.29 is 9.53 Å². The molecule has 1 aromatic heterocycles. The molecule has 3 heterocycles. The van der Waals surface area contributed by atoms with Gasteiger partial charge in [0, 0.05) is 57.2 Å². The van der Waals surface area contributed by atoms with E-state index in [0.29, 0.717) is 6.04 Å². The highest BCUT2D eigenvalue weighted by atomic mass is 16.5. The highest BCUT2D eigenvalue weighted by Crippen LogP contribution is 2.19. The molecule has 134 valence electrons. The molecule has 0 unspecified atom stereocenters. The molecule has 7 nitrogen and oxygen atoms in total. The van der Waals surface area contributed by atoms with Crippen LogP contribution in [0.4, 0.5) is 4.79 Å². The van der Waals surface area contributed by atoms with Gasteiger partial charge in [-0.25, -0.2) is 9.78 Å². The van der Waals surface area contributed by atoms with E-state index in [4.69, 9.17) is 4.74 Å². The van der Waals surface area contributed by atoms with Crippen LogP contribution in [-0.4, -0.2) is 76.9 Å². The zero-order valence-electron chi connectivity index (χ0n) is 14.6. The molecule has 2 fully saturated rings. The highest BCUT2D eigenvalue weighted by molar-refractivity contribution is 5.75. The molecular weight excluding hydrogens is 306 g/mol. The topological polar surface area (TPSA) is 62.6 Å². The summed E-state index contributed by atoms with van der Waals surface area (Å²) in [4.78, 5) is 21.3. The van der Waals surface area contributed by atoms with Gasteiger partial charge in [0.1, 0.15) is 0 Å². The van der Waals surface area contributed by atoms with E-state index >= 15 is 0 Å². The van der Waals surface area contributed by atoms with E-state index < -0.39 is 0 Å². The normalized spacial score (nSPS) is 23.9. The molecule has 1 N–H and O–H groups in total. The summed E-state index contributed by atoms with van der Waals surface area (Å²) in [5, 5.41) is 3.15. The Labute approximate surface area is 144 Å². The molecule has 1 aromatic rings. The molecule has 0 radical (unpaired) electrons. The van der Waals surface area contributed by atoms with Crippen LogP contribution in [0.3, 0.4) is 0 Å². The molecule has 0 spiro atoms. The first kappa shape index (κ1) is 17.2. The van der Waals surface area contributed by atoms with Crippen molar-refractivity contribution in [2.45, 2.75) is 44.8 Å². The second kappa shape index (κ2) is 8.48. The average Bonchev–Trinajstić information content (AvgIpc) is 3.09. The number of imidazole rings is 1. The number of urea groups is 1. The van der Waals surface area contributed by atoms with Crippen molar-refractivity contribution in [2.24, 2.45) is 0 Å². The van der Waals surface area contributed by atoms with E-state index in [1.54, 1.807) is 12.5 Å². The maximum Gasteiger partial charge on any atom is 0.317 e. The van der Waals surface area contributed by atoms with Crippen LogP contribution in [0.1, 0.15) is 26.2 Å². The van der Waals surface area contributed by atoms with Crippen molar-refractivity contribution in [1.29, 1.82) is 0 Å². The minimum absolute atomic E-state index is 0.0700. The van der Waals surface area contributed by atoms with Gasteiger partial charge in [0.2, 0.25) is 0 Å². The number of hydrogen-bond donors (Lipinski definition) is 1. The van der Waals surface area contributed by atoms with Crippen molar-refractivity contribution in [1.82, 2.24) is 24.7 Å². The number of nitrogens with zero attached hydrogens (tertiary/aromatic N) is 4. The molecule has 2 saturated heterocycles. The molecule has 2 amide bonds. The third-order valence-corrected chi connectivity index (χ3v) is 4.87. The molecule has 0 aliphatic carbocycles. The van der Waals surface area contributed by atoms with Crippen LogP contribution in [0.5, 0.6) is 0 Å². The van der Waals surface area contributed by atoms with Gasteiger partial charge in [-0.2, -0.15) is 0 Å². The molecular formula is C17H29N5O2. The summed E-state index contributed by atoms with van der Waals surface area (Å²) in [7, 11) is 0. The molecule has 2 aliphatic rings. The lowest BCUT2D eigenvalue weighted by molar-refractivity contribution is 0.0220. The lowest BCUT2D eigenvalue weighted by Gasteiger charge is -2.40. The SMILES string of the molecule is C[C@H](Cn1ccnc1)NC(=O)N1CCCC[C@@H]1CN1CCOCC1. The average molecular weight is 335 g/mol. The minimum atomic E-state index is 0.0700. The number of ether oxygens (including phenoxy) is 1. The highest BCUT2D eigenvalue weighted by Gasteiger charge is 2.29. The number of nitrogens with one attached hydrogen (secondary N) is 1. The summed E-state index contributed by atoms with van der Waals surface area (Å²) in [5.74, 6) is 0. The standard InChI is InChI=1S/C17H29N5O2/c1-15(12-21-7-5-18-14-21)19-17(23)22-6-3-2-4-16(22)13-20-8-10-24-11-9-20/h5,7,14-16H,2-4,6,8-13H2,1H3,(H,19,23)/t15-,16-/m1/s1. The second-order valence-electron chi connectivity index (χ2n) is 6.87. The molecule has 2 atom stereocenters. The van der Waals surface area contributed by atoms with Crippen molar-refractivity contribution >= 4 is 6.03 Å². The third-order valence-electron chi connectivity index (χ3n) is 4.87. The predicted molar refractivity (Wildman–Crippen MR) is 91.8 cm³/mol. The lowest BCUT2D eigenvalue weighted by Crippen LogP contribution is -2.55. The van der Waals surface area contributed by atoms with Crippen molar-refractivity contribution in [2.75, 3.05) is 39.4 Å². The Morgan fingerprint density at radius 1 is 1.33 bits per heavy atom. The molecule has 2 aliphatic heterocycles. The van der Waals surface area contributed by atoms with E-state index in [-0.39, 0.29) is 12.1 Å². The number of carbonyl (C=O) groups is 1. The largest absolute Gasteiger partial charge is 0.379 e. The van der Waals surface area contributed by atoms with Crippen LogP contribution in [0.15, 0.2) is 18.7 Å². The van der Waals surface area contributed by atoms with E-state index in [2.05, 4.69) is 15.2 Å². The number of piperidine rings is 1. The number of amides is 2. The number of rotatable bonds is 5. The smallest absolute Gasteiger partial charge is 0.317 e. The molecule has 0 saturated carbocycles. The van der Waals surface area contributed by atoms with Crippen molar-refractivity contribution in [3.63, 3.8) is 0 Å². The number of aromatic nitrogens is 2. The summed E-state index contributed by atoms with van der Waals surface area (Å²) >= 11 is 0. The zero-order chi connectivity index (χ0) is 16.8. The Kier molecular flexibility index (Phi) is 6.09. The van der Waals surface area contributed by atoms with E-state index in [1.807, 2.05) is 22.6 Å². The van der Waals surface area contributed by atoms with Gasteiger partial charge in [-0.3, -0.25) is 4.90 Å². The monoisotopic (exact) mass is 335 g/mol. The fourth-order valence-electron chi connectivity index (χ4n) is 3.59. The maximum absolute atomic E-state index is 12.7. The van der Waals surface area contributed by atoms with Crippen LogP contribution < -0.4 is 5.32 Å².